The first-order valence-electron chi connectivity index (χ1n) is 12.7. The van der Waals surface area contributed by atoms with E-state index in [2.05, 4.69) is 47.2 Å². The van der Waals surface area contributed by atoms with Crippen molar-refractivity contribution in [3.8, 4) is 11.8 Å². The molecule has 9 nitrogen and oxygen atoms in total. The number of benzene rings is 1. The van der Waals surface area contributed by atoms with Crippen molar-refractivity contribution < 1.29 is 9.13 Å². The first-order chi connectivity index (χ1) is 17.6. The van der Waals surface area contributed by atoms with Crippen molar-refractivity contribution in [2.24, 2.45) is 0 Å². The van der Waals surface area contributed by atoms with E-state index in [0.717, 1.165) is 61.9 Å². The Kier molecular flexibility index (Phi) is 5.96. The fraction of sp³-hybridized carbons (Fsp3) is 0.423. The Morgan fingerprint density at radius 1 is 1.08 bits per heavy atom. The van der Waals surface area contributed by atoms with Crippen LogP contribution in [-0.4, -0.2) is 62.8 Å². The van der Waals surface area contributed by atoms with Crippen LogP contribution in [0.3, 0.4) is 0 Å². The Labute approximate surface area is 209 Å². The summed E-state index contributed by atoms with van der Waals surface area (Å²) in [6.07, 6.45) is 3.53. The van der Waals surface area contributed by atoms with Crippen LogP contribution < -0.4 is 15.0 Å². The molecule has 4 aromatic rings. The maximum absolute atomic E-state index is 15.2. The maximum atomic E-state index is 15.2. The summed E-state index contributed by atoms with van der Waals surface area (Å²) in [6, 6.07) is 9.20. The number of anilines is 3. The van der Waals surface area contributed by atoms with Gasteiger partial charge in [-0.05, 0) is 50.9 Å². The molecule has 1 aromatic carbocycles. The summed E-state index contributed by atoms with van der Waals surface area (Å²) in [5.74, 6) is 2.22. The number of fused-ring (bicyclic) bond motifs is 1. The molecule has 0 amide bonds. The summed E-state index contributed by atoms with van der Waals surface area (Å²) in [5, 5.41) is 11.3. The summed E-state index contributed by atoms with van der Waals surface area (Å²) >= 11 is 0. The minimum atomic E-state index is -0.435. The molecule has 0 unspecified atom stereocenters. The fourth-order valence-corrected chi connectivity index (χ4v) is 4.80. The molecule has 0 radical (unpaired) electrons. The lowest BCUT2D eigenvalue weighted by atomic mass is 10.2. The average molecular weight is 491 g/mol. The predicted molar refractivity (Wildman–Crippen MR) is 138 cm³/mol. The molecule has 36 heavy (non-hydrogen) atoms. The van der Waals surface area contributed by atoms with Gasteiger partial charge in [-0.3, -0.25) is 10.00 Å². The van der Waals surface area contributed by atoms with Gasteiger partial charge < -0.3 is 19.9 Å². The zero-order valence-electron chi connectivity index (χ0n) is 20.6. The Morgan fingerprint density at radius 3 is 2.69 bits per heavy atom. The summed E-state index contributed by atoms with van der Waals surface area (Å²) in [6.45, 7) is 8.85. The van der Waals surface area contributed by atoms with Gasteiger partial charge in [0.2, 0.25) is 0 Å². The lowest BCUT2D eigenvalue weighted by Gasteiger charge is -2.35. The van der Waals surface area contributed by atoms with E-state index in [0.29, 0.717) is 22.9 Å². The van der Waals surface area contributed by atoms with Crippen molar-refractivity contribution in [2.45, 2.75) is 39.0 Å². The summed E-state index contributed by atoms with van der Waals surface area (Å²) in [5.41, 5.74) is 2.74. The van der Waals surface area contributed by atoms with Crippen LogP contribution >= 0.6 is 0 Å². The van der Waals surface area contributed by atoms with Crippen LogP contribution in [0.25, 0.3) is 10.9 Å². The van der Waals surface area contributed by atoms with Crippen LogP contribution in [0.4, 0.5) is 21.8 Å². The Balaban J connectivity index is 1.29. The van der Waals surface area contributed by atoms with Gasteiger partial charge in [-0.25, -0.2) is 4.39 Å². The number of aryl methyl sites for hydroxylation is 1. The van der Waals surface area contributed by atoms with Crippen molar-refractivity contribution in [1.82, 2.24) is 30.0 Å². The molecule has 1 aliphatic carbocycles. The lowest BCUT2D eigenvalue weighted by Crippen LogP contribution is -2.46. The van der Waals surface area contributed by atoms with E-state index in [4.69, 9.17) is 4.74 Å². The molecule has 10 heteroatoms. The van der Waals surface area contributed by atoms with Gasteiger partial charge in [0.1, 0.15) is 11.6 Å². The SMILES string of the molecule is CCCN1CCN(c2cc(Nc3cc(C4CC4)[nH]n3)nc(Oc3ccc4[nH]c(C)cc4c3F)n2)CC1. The third-order valence-electron chi connectivity index (χ3n) is 6.84. The highest BCUT2D eigenvalue weighted by atomic mass is 19.1. The minimum Gasteiger partial charge on any atom is -0.421 e. The smallest absolute Gasteiger partial charge is 0.326 e. The highest BCUT2D eigenvalue weighted by Gasteiger charge is 2.26. The largest absolute Gasteiger partial charge is 0.421 e. The quantitative estimate of drug-likeness (QED) is 0.317. The van der Waals surface area contributed by atoms with Gasteiger partial charge in [0, 0.05) is 66.5 Å². The van der Waals surface area contributed by atoms with Crippen molar-refractivity contribution in [3.63, 3.8) is 0 Å². The minimum absolute atomic E-state index is 0.0909. The molecule has 0 atom stereocenters. The highest BCUT2D eigenvalue weighted by molar-refractivity contribution is 5.82. The normalized spacial score (nSPS) is 16.6. The number of hydrogen-bond acceptors (Lipinski definition) is 7. The summed E-state index contributed by atoms with van der Waals surface area (Å²) in [4.78, 5) is 17.0. The molecule has 6 rings (SSSR count). The molecule has 3 aromatic heterocycles. The van der Waals surface area contributed by atoms with E-state index in [1.54, 1.807) is 18.2 Å². The number of hydrogen-bond donors (Lipinski definition) is 3. The molecule has 1 saturated carbocycles. The number of nitrogens with zero attached hydrogens (tertiary/aromatic N) is 5. The number of nitrogens with one attached hydrogen (secondary N) is 3. The molecule has 1 aliphatic heterocycles. The molecular weight excluding hydrogens is 459 g/mol. The fourth-order valence-electron chi connectivity index (χ4n) is 4.80. The highest BCUT2D eigenvalue weighted by Crippen LogP contribution is 2.40. The molecule has 188 valence electrons. The van der Waals surface area contributed by atoms with Gasteiger partial charge in [0.25, 0.3) is 0 Å². The second-order valence-corrected chi connectivity index (χ2v) is 9.72. The zero-order valence-corrected chi connectivity index (χ0v) is 20.6. The zero-order chi connectivity index (χ0) is 24.6. The van der Waals surface area contributed by atoms with Crippen LogP contribution in [-0.2, 0) is 0 Å². The summed E-state index contributed by atoms with van der Waals surface area (Å²) in [7, 11) is 0. The molecule has 0 spiro atoms. The van der Waals surface area contributed by atoms with E-state index < -0.39 is 5.82 Å². The van der Waals surface area contributed by atoms with Crippen LogP contribution in [0.15, 0.2) is 30.3 Å². The molecule has 1 saturated heterocycles. The first kappa shape index (κ1) is 22.8. The molecule has 4 heterocycles. The Morgan fingerprint density at radius 2 is 1.92 bits per heavy atom. The van der Waals surface area contributed by atoms with E-state index in [-0.39, 0.29) is 11.8 Å². The number of halogens is 1. The summed E-state index contributed by atoms with van der Waals surface area (Å²) < 4.78 is 21.2. The molecule has 3 N–H and O–H groups in total. The molecule has 2 aliphatic rings. The van der Waals surface area contributed by atoms with Crippen molar-refractivity contribution in [2.75, 3.05) is 42.9 Å². The van der Waals surface area contributed by atoms with Gasteiger partial charge in [-0.2, -0.15) is 15.1 Å². The van der Waals surface area contributed by atoms with Crippen LogP contribution in [0.2, 0.25) is 0 Å². The lowest BCUT2D eigenvalue weighted by molar-refractivity contribution is 0.257. The Bertz CT molecular complexity index is 1370. The number of aromatic nitrogens is 5. The van der Waals surface area contributed by atoms with Crippen molar-refractivity contribution in [1.29, 1.82) is 0 Å². The van der Waals surface area contributed by atoms with E-state index in [9.17, 15) is 0 Å². The second kappa shape index (κ2) is 9.42. The van der Waals surface area contributed by atoms with Gasteiger partial charge in [-0.1, -0.05) is 6.92 Å². The van der Waals surface area contributed by atoms with Crippen molar-refractivity contribution >= 4 is 28.4 Å². The van der Waals surface area contributed by atoms with Crippen LogP contribution in [0.5, 0.6) is 11.8 Å². The number of piperazine rings is 1. The van der Waals surface area contributed by atoms with Crippen molar-refractivity contribution in [3.05, 3.63) is 47.5 Å². The molecule has 2 fully saturated rings. The maximum Gasteiger partial charge on any atom is 0.326 e. The number of rotatable bonds is 8. The second-order valence-electron chi connectivity index (χ2n) is 9.72. The monoisotopic (exact) mass is 490 g/mol. The third kappa shape index (κ3) is 4.73. The topological polar surface area (TPSA) is 98.0 Å². The van der Waals surface area contributed by atoms with Gasteiger partial charge in [0.05, 0.1) is 0 Å². The van der Waals surface area contributed by atoms with Gasteiger partial charge in [-0.15, -0.1) is 0 Å². The molecular formula is C26H31FN8O. The van der Waals surface area contributed by atoms with E-state index in [1.807, 2.05) is 19.1 Å². The number of H-pyrrole nitrogens is 2. The van der Waals surface area contributed by atoms with E-state index >= 15 is 4.39 Å². The number of aromatic amines is 2. The standard InChI is InChI=1S/C26H31FN8O/c1-3-8-34-9-11-35(12-10-34)24-15-22(29-23-14-20(32-33-23)17-4-5-17)30-26(31-24)36-21-7-6-19-18(25(21)27)13-16(2)28-19/h6-7,13-15,17,28H,3-5,8-12H2,1-2H3,(H2,29,30,31,32,33). The first-order valence-corrected chi connectivity index (χ1v) is 12.7. The van der Waals surface area contributed by atoms with Crippen LogP contribution in [0, 0.1) is 12.7 Å². The Hall–Kier alpha value is -3.66. The van der Waals surface area contributed by atoms with Crippen LogP contribution in [0.1, 0.15) is 43.5 Å². The predicted octanol–water partition coefficient (Wildman–Crippen LogP) is 5.07. The van der Waals surface area contributed by atoms with Gasteiger partial charge in [0.15, 0.2) is 17.4 Å². The third-order valence-corrected chi connectivity index (χ3v) is 6.84. The average Bonchev–Trinajstić information content (AvgIpc) is 3.50. The molecule has 0 bridgehead atoms. The van der Waals surface area contributed by atoms with E-state index in [1.165, 1.54) is 12.8 Å². The van der Waals surface area contributed by atoms with Gasteiger partial charge >= 0.3 is 6.01 Å². The number of ether oxygens (including phenoxy) is 1.